The molecule has 0 radical (unpaired) electrons. The normalized spacial score (nSPS) is 15.5. The molecule has 9 nitrogen and oxygen atoms in total. The molecule has 0 aliphatic carbocycles. The van der Waals surface area contributed by atoms with Crippen LogP contribution in [0.4, 0.5) is 27.6 Å². The van der Waals surface area contributed by atoms with Gasteiger partial charge in [0.2, 0.25) is 5.95 Å². The van der Waals surface area contributed by atoms with E-state index in [1.807, 2.05) is 6.07 Å². The van der Waals surface area contributed by atoms with E-state index in [1.165, 1.54) is 27.7 Å². The fourth-order valence-electron chi connectivity index (χ4n) is 4.65. The molecule has 5 heterocycles. The average molecular weight is 529 g/mol. The lowest BCUT2D eigenvalue weighted by atomic mass is 9.91. The van der Waals surface area contributed by atoms with Crippen molar-refractivity contribution in [2.45, 2.75) is 24.7 Å². The van der Waals surface area contributed by atoms with E-state index in [0.717, 1.165) is 6.20 Å². The van der Waals surface area contributed by atoms with Gasteiger partial charge in [0.05, 0.1) is 22.5 Å². The number of nitriles is 1. The van der Waals surface area contributed by atoms with Gasteiger partial charge in [0, 0.05) is 64.2 Å². The lowest BCUT2D eigenvalue weighted by Crippen LogP contribution is -2.42. The van der Waals surface area contributed by atoms with Crippen LogP contribution in [0.25, 0.3) is 22.6 Å². The molecule has 0 N–H and O–H groups in total. The van der Waals surface area contributed by atoms with Crippen molar-refractivity contribution < 1.29 is 22.0 Å². The minimum absolute atomic E-state index is 0.0485. The molecule has 1 aliphatic rings. The lowest BCUT2D eigenvalue weighted by molar-refractivity contribution is -0.141. The van der Waals surface area contributed by atoms with Gasteiger partial charge in [0.25, 0.3) is 0 Å². The molecule has 38 heavy (non-hydrogen) atoms. The van der Waals surface area contributed by atoms with Crippen LogP contribution in [0.15, 0.2) is 37.1 Å². The van der Waals surface area contributed by atoms with Crippen LogP contribution in [-0.4, -0.2) is 47.4 Å². The van der Waals surface area contributed by atoms with Gasteiger partial charge in [-0.05, 0) is 12.1 Å². The van der Waals surface area contributed by atoms with Crippen molar-refractivity contribution in [2.75, 3.05) is 18.0 Å². The number of nitrogens with zero attached hydrogens (tertiary/aromatic N) is 9. The predicted molar refractivity (Wildman–Crippen MR) is 125 cm³/mol. The second kappa shape index (κ2) is 9.16. The number of alkyl halides is 4. The van der Waals surface area contributed by atoms with Gasteiger partial charge in [-0.1, -0.05) is 0 Å². The summed E-state index contributed by atoms with van der Waals surface area (Å²) in [5.41, 5.74) is -3.53. The number of anilines is 1. The standard InChI is InChI=1S/C24H20F5N9/c1-36-8-5-31-21(36)16-9-15(12-32-20(16)25)18-19(14(11-30)10-17(34-18)24(27,28)29)38-6-3-23(26,4-7-38)22-35-33-13-37(22)2/h5,8-10,12-13H,3-4,6-7H2,1-2H3. The summed E-state index contributed by atoms with van der Waals surface area (Å²) in [5, 5.41) is 17.4. The Balaban J connectivity index is 1.63. The number of hydrogen-bond acceptors (Lipinski definition) is 7. The Hall–Kier alpha value is -4.41. The van der Waals surface area contributed by atoms with Crippen molar-refractivity contribution in [3.05, 3.63) is 60.1 Å². The Morgan fingerprint density at radius 1 is 1.08 bits per heavy atom. The quantitative estimate of drug-likeness (QED) is 0.289. The number of hydrogen-bond donors (Lipinski definition) is 0. The molecule has 196 valence electrons. The van der Waals surface area contributed by atoms with Crippen molar-refractivity contribution in [3.8, 4) is 28.7 Å². The molecule has 4 aromatic rings. The fraction of sp³-hybridized carbons (Fsp3) is 0.333. The van der Waals surface area contributed by atoms with Gasteiger partial charge in [0.1, 0.15) is 23.9 Å². The van der Waals surface area contributed by atoms with E-state index in [4.69, 9.17) is 0 Å². The molecule has 1 aliphatic heterocycles. The van der Waals surface area contributed by atoms with Gasteiger partial charge in [-0.25, -0.2) is 19.3 Å². The number of aryl methyl sites for hydroxylation is 2. The summed E-state index contributed by atoms with van der Waals surface area (Å²) in [6, 6.07) is 3.78. The molecule has 0 amide bonds. The molecule has 4 aromatic heterocycles. The largest absolute Gasteiger partial charge is 0.433 e. The zero-order valence-corrected chi connectivity index (χ0v) is 20.2. The van der Waals surface area contributed by atoms with Crippen LogP contribution in [-0.2, 0) is 25.9 Å². The Morgan fingerprint density at radius 2 is 1.82 bits per heavy atom. The summed E-state index contributed by atoms with van der Waals surface area (Å²) in [4.78, 5) is 13.3. The first-order chi connectivity index (χ1) is 18.0. The Labute approximate surface area is 213 Å². The van der Waals surface area contributed by atoms with Crippen molar-refractivity contribution in [3.63, 3.8) is 0 Å². The van der Waals surface area contributed by atoms with E-state index >= 15 is 4.39 Å². The summed E-state index contributed by atoms with van der Waals surface area (Å²) >= 11 is 0. The Morgan fingerprint density at radius 3 is 2.39 bits per heavy atom. The SMILES string of the molecule is Cn1ccnc1-c1cc(-c2nc(C(F)(F)F)cc(C#N)c2N2CCC(F)(c3nncn3C)CC2)cnc1F. The molecule has 0 spiro atoms. The number of piperidine rings is 1. The maximum atomic E-state index is 15.8. The van der Waals surface area contributed by atoms with Crippen LogP contribution in [0.5, 0.6) is 0 Å². The maximum absolute atomic E-state index is 15.8. The lowest BCUT2D eigenvalue weighted by Gasteiger charge is -2.38. The van der Waals surface area contributed by atoms with E-state index in [1.54, 1.807) is 25.2 Å². The number of pyridine rings is 2. The first-order valence-electron chi connectivity index (χ1n) is 11.5. The molecule has 0 unspecified atom stereocenters. The number of rotatable bonds is 4. The van der Waals surface area contributed by atoms with E-state index in [0.29, 0.717) is 6.07 Å². The minimum Gasteiger partial charge on any atom is -0.368 e. The van der Waals surface area contributed by atoms with Gasteiger partial charge in [-0.2, -0.15) is 22.8 Å². The van der Waals surface area contributed by atoms with E-state index in [2.05, 4.69) is 25.1 Å². The summed E-state index contributed by atoms with van der Waals surface area (Å²) in [6.07, 6.45) is 0.508. The third-order valence-corrected chi connectivity index (χ3v) is 6.56. The van der Waals surface area contributed by atoms with Crippen molar-refractivity contribution in [1.29, 1.82) is 5.26 Å². The zero-order valence-electron chi connectivity index (χ0n) is 20.2. The second-order valence-corrected chi connectivity index (χ2v) is 9.00. The third-order valence-electron chi connectivity index (χ3n) is 6.56. The highest BCUT2D eigenvalue weighted by atomic mass is 19.4. The fourth-order valence-corrected chi connectivity index (χ4v) is 4.65. The van der Waals surface area contributed by atoms with Crippen LogP contribution in [0.1, 0.15) is 29.9 Å². The highest BCUT2D eigenvalue weighted by Crippen LogP contribution is 2.42. The molecule has 0 saturated carbocycles. The van der Waals surface area contributed by atoms with Gasteiger partial charge in [-0.15, -0.1) is 10.2 Å². The highest BCUT2D eigenvalue weighted by Gasteiger charge is 2.42. The van der Waals surface area contributed by atoms with Gasteiger partial charge in [-0.3, -0.25) is 0 Å². The van der Waals surface area contributed by atoms with E-state index in [9.17, 15) is 22.8 Å². The number of imidazole rings is 1. The maximum Gasteiger partial charge on any atom is 0.433 e. The molecule has 0 atom stereocenters. The Kier molecular flexibility index (Phi) is 6.09. The average Bonchev–Trinajstić information content (AvgIpc) is 3.52. The summed E-state index contributed by atoms with van der Waals surface area (Å²) in [5.74, 6) is -0.526. The molecule has 1 fully saturated rings. The van der Waals surface area contributed by atoms with E-state index in [-0.39, 0.29) is 65.7 Å². The van der Waals surface area contributed by atoms with Crippen LogP contribution in [0.2, 0.25) is 0 Å². The molecule has 5 rings (SSSR count). The molecule has 0 bridgehead atoms. The van der Waals surface area contributed by atoms with Crippen LogP contribution < -0.4 is 4.90 Å². The molecule has 14 heteroatoms. The first-order valence-corrected chi connectivity index (χ1v) is 11.5. The monoisotopic (exact) mass is 529 g/mol. The number of aromatic nitrogens is 7. The predicted octanol–water partition coefficient (Wildman–Crippen LogP) is 4.17. The van der Waals surface area contributed by atoms with E-state index < -0.39 is 23.5 Å². The van der Waals surface area contributed by atoms with Crippen molar-refractivity contribution in [1.82, 2.24) is 34.3 Å². The van der Waals surface area contributed by atoms with Crippen LogP contribution >= 0.6 is 0 Å². The summed E-state index contributed by atoms with van der Waals surface area (Å²) in [7, 11) is 3.25. The van der Waals surface area contributed by atoms with Crippen molar-refractivity contribution in [2.24, 2.45) is 14.1 Å². The second-order valence-electron chi connectivity index (χ2n) is 9.00. The highest BCUT2D eigenvalue weighted by molar-refractivity contribution is 5.82. The Bertz CT molecular complexity index is 1540. The topological polar surface area (TPSA) is 101 Å². The zero-order chi connectivity index (χ0) is 27.2. The molecule has 1 saturated heterocycles. The third kappa shape index (κ3) is 4.33. The first kappa shape index (κ1) is 25.2. The smallest absolute Gasteiger partial charge is 0.368 e. The molecule has 0 aromatic carbocycles. The van der Waals surface area contributed by atoms with Gasteiger partial charge < -0.3 is 14.0 Å². The number of halogens is 5. The summed E-state index contributed by atoms with van der Waals surface area (Å²) in [6.45, 7) is 0.109. The van der Waals surface area contributed by atoms with Crippen molar-refractivity contribution >= 4 is 5.69 Å². The van der Waals surface area contributed by atoms with Gasteiger partial charge in [0.15, 0.2) is 11.5 Å². The van der Waals surface area contributed by atoms with Crippen LogP contribution in [0, 0.1) is 17.3 Å². The molecular formula is C24H20F5N9. The summed E-state index contributed by atoms with van der Waals surface area (Å²) < 4.78 is 74.7. The molecular weight excluding hydrogens is 509 g/mol. The van der Waals surface area contributed by atoms with Gasteiger partial charge >= 0.3 is 6.18 Å². The van der Waals surface area contributed by atoms with Crippen LogP contribution in [0.3, 0.4) is 0 Å². The minimum atomic E-state index is -4.85.